The number of pyridine rings is 2. The van der Waals surface area contributed by atoms with Crippen molar-refractivity contribution in [3.05, 3.63) is 49.1 Å². The van der Waals surface area contributed by atoms with Gasteiger partial charge in [0.2, 0.25) is 6.54 Å². The number of H-pyrrole nitrogens is 1. The first kappa shape index (κ1) is 20.3. The number of nitrogens with zero attached hydrogens (tertiary/aromatic N) is 2. The van der Waals surface area contributed by atoms with E-state index >= 15 is 0 Å². The smallest absolute Gasteiger partial charge is 0.288 e. The van der Waals surface area contributed by atoms with Crippen LogP contribution in [-0.2, 0) is 11.3 Å². The van der Waals surface area contributed by atoms with Crippen LogP contribution < -0.4 is 34.4 Å². The fraction of sp³-hybridized carbons (Fsp3) is 0.312. The van der Waals surface area contributed by atoms with Crippen LogP contribution in [0.1, 0.15) is 13.8 Å². The molecule has 2 aromatic rings. The molecular formula is C16H21Cl2N3O. The standard InChI is InChI=1S/C16H20N3O.2ClH/c1-3-19(4-2)16(20)13-18-11-7-15(8-12-18)14-5-9-17-10-6-14;;/h5-12H,3-4,13H2,1-2H3;2*1H/q+1;;/p-1. The summed E-state index contributed by atoms with van der Waals surface area (Å²) in [4.78, 5) is 16.9. The molecule has 0 unspecified atom stereocenters. The zero-order valence-electron chi connectivity index (χ0n) is 12.8. The van der Waals surface area contributed by atoms with Crippen molar-refractivity contribution >= 4 is 5.91 Å². The van der Waals surface area contributed by atoms with E-state index in [1.165, 1.54) is 0 Å². The first-order valence-electron chi connectivity index (χ1n) is 6.98. The number of carbonyl (C=O) groups is 1. The fourth-order valence-corrected chi connectivity index (χ4v) is 2.17. The van der Waals surface area contributed by atoms with E-state index in [4.69, 9.17) is 0 Å². The Balaban J connectivity index is 0.00000220. The zero-order chi connectivity index (χ0) is 14.4. The third-order valence-electron chi connectivity index (χ3n) is 3.38. The Morgan fingerprint density at radius 2 is 1.50 bits per heavy atom. The molecule has 0 aliphatic heterocycles. The van der Waals surface area contributed by atoms with Gasteiger partial charge < -0.3 is 29.7 Å². The van der Waals surface area contributed by atoms with E-state index in [2.05, 4.69) is 4.98 Å². The van der Waals surface area contributed by atoms with Crippen LogP contribution in [0.3, 0.4) is 0 Å². The van der Waals surface area contributed by atoms with E-state index in [0.717, 1.165) is 24.2 Å². The molecule has 2 aromatic heterocycles. The van der Waals surface area contributed by atoms with Gasteiger partial charge in [0.05, 0.1) is 0 Å². The lowest BCUT2D eigenvalue weighted by Crippen LogP contribution is -3.00. The van der Waals surface area contributed by atoms with Crippen LogP contribution in [0.5, 0.6) is 0 Å². The average Bonchev–Trinajstić information content (AvgIpc) is 2.50. The number of nitrogens with one attached hydrogen (secondary N) is 1. The summed E-state index contributed by atoms with van der Waals surface area (Å²) in [5, 5.41) is 0. The normalized spacial score (nSPS) is 9.36. The predicted molar refractivity (Wildman–Crippen MR) is 76.6 cm³/mol. The summed E-state index contributed by atoms with van der Waals surface area (Å²) < 4.78 is 1.92. The Hall–Kier alpha value is -1.65. The topological polar surface area (TPSA) is 38.3 Å². The number of amides is 1. The molecule has 0 saturated carbocycles. The Labute approximate surface area is 144 Å². The summed E-state index contributed by atoms with van der Waals surface area (Å²) in [5.74, 6) is 0.155. The lowest BCUT2D eigenvalue weighted by Gasteiger charge is -2.16. The van der Waals surface area contributed by atoms with E-state index in [0.29, 0.717) is 6.54 Å². The number of likely N-dealkylation sites (N-methyl/N-ethyl adjacent to an activating group) is 1. The number of hydrogen-bond acceptors (Lipinski definition) is 1. The molecule has 0 spiro atoms. The van der Waals surface area contributed by atoms with Crippen LogP contribution in [0.2, 0.25) is 0 Å². The summed E-state index contributed by atoms with van der Waals surface area (Å²) >= 11 is 0. The highest BCUT2D eigenvalue weighted by Crippen LogP contribution is 2.14. The number of halogens is 2. The van der Waals surface area contributed by atoms with Gasteiger partial charge >= 0.3 is 0 Å². The van der Waals surface area contributed by atoms with Crippen LogP contribution in [0.4, 0.5) is 0 Å². The summed E-state index contributed by atoms with van der Waals surface area (Å²) in [7, 11) is 0. The average molecular weight is 342 g/mol. The van der Waals surface area contributed by atoms with Gasteiger partial charge in [0, 0.05) is 37.4 Å². The highest BCUT2D eigenvalue weighted by molar-refractivity contribution is 5.74. The van der Waals surface area contributed by atoms with Crippen molar-refractivity contribution in [3.63, 3.8) is 0 Å². The Bertz CT molecular complexity index is 557. The maximum absolute atomic E-state index is 12.0. The van der Waals surface area contributed by atoms with Crippen LogP contribution in [0, 0.1) is 0 Å². The minimum absolute atomic E-state index is 0. The quantitative estimate of drug-likeness (QED) is 0.504. The van der Waals surface area contributed by atoms with Gasteiger partial charge in [0.1, 0.15) is 0 Å². The van der Waals surface area contributed by atoms with E-state index in [1.807, 2.05) is 72.4 Å². The van der Waals surface area contributed by atoms with E-state index in [-0.39, 0.29) is 30.7 Å². The second-order valence-corrected chi connectivity index (χ2v) is 4.61. The molecule has 0 aliphatic rings. The molecule has 0 fully saturated rings. The van der Waals surface area contributed by atoms with Crippen molar-refractivity contribution in [3.8, 4) is 11.1 Å². The maximum Gasteiger partial charge on any atom is 0.288 e. The lowest BCUT2D eigenvalue weighted by molar-refractivity contribution is -0.685. The number of aromatic amines is 1. The molecule has 0 atom stereocenters. The molecule has 0 aromatic carbocycles. The number of hydrogen-bond donors (Lipinski definition) is 0. The molecule has 0 aliphatic carbocycles. The third kappa shape index (κ3) is 5.28. The molecule has 120 valence electrons. The summed E-state index contributed by atoms with van der Waals surface area (Å²) in [6.45, 7) is 5.91. The van der Waals surface area contributed by atoms with Crippen LogP contribution >= 0.6 is 0 Å². The first-order chi connectivity index (χ1) is 9.74. The van der Waals surface area contributed by atoms with Gasteiger partial charge in [-0.15, -0.1) is 0 Å². The van der Waals surface area contributed by atoms with Gasteiger partial charge in [-0.2, -0.15) is 4.57 Å². The summed E-state index contributed by atoms with van der Waals surface area (Å²) in [5.41, 5.74) is 2.30. The first-order valence-corrected chi connectivity index (χ1v) is 6.98. The van der Waals surface area contributed by atoms with Gasteiger partial charge in [-0.3, -0.25) is 4.79 Å². The number of rotatable bonds is 5. The molecule has 1 amide bonds. The molecule has 2 rings (SSSR count). The van der Waals surface area contributed by atoms with E-state index in [1.54, 1.807) is 0 Å². The summed E-state index contributed by atoms with van der Waals surface area (Å²) in [6.07, 6.45) is 7.71. The van der Waals surface area contributed by atoms with Gasteiger partial charge in [-0.25, -0.2) is 4.98 Å². The third-order valence-corrected chi connectivity index (χ3v) is 3.38. The van der Waals surface area contributed by atoms with Crippen LogP contribution in [0.25, 0.3) is 11.1 Å². The van der Waals surface area contributed by atoms with E-state index < -0.39 is 0 Å². The lowest BCUT2D eigenvalue weighted by atomic mass is 10.1. The SMILES string of the molecule is CCN(CC)C(=O)C[n+]1ccc(-c2cc[nH+]cc2)cc1.[Cl-].[Cl-]. The molecule has 0 radical (unpaired) electrons. The van der Waals surface area contributed by atoms with Gasteiger partial charge in [0.25, 0.3) is 5.91 Å². The minimum Gasteiger partial charge on any atom is -1.00 e. The van der Waals surface area contributed by atoms with Crippen LogP contribution in [-0.4, -0.2) is 23.9 Å². The van der Waals surface area contributed by atoms with Crippen molar-refractivity contribution < 1.29 is 39.2 Å². The second kappa shape index (κ2) is 10.1. The monoisotopic (exact) mass is 341 g/mol. The molecule has 22 heavy (non-hydrogen) atoms. The van der Waals surface area contributed by atoms with Gasteiger partial charge in [0.15, 0.2) is 24.8 Å². The van der Waals surface area contributed by atoms with Gasteiger partial charge in [-0.1, -0.05) is 0 Å². The molecule has 0 bridgehead atoms. The molecule has 0 saturated heterocycles. The number of carbonyl (C=O) groups excluding carboxylic acids is 1. The highest BCUT2D eigenvalue weighted by atomic mass is 35.5. The summed E-state index contributed by atoms with van der Waals surface area (Å²) in [6, 6.07) is 8.12. The maximum atomic E-state index is 12.0. The van der Waals surface area contributed by atoms with Crippen LogP contribution in [0.15, 0.2) is 49.1 Å². The molecule has 1 N–H and O–H groups in total. The van der Waals surface area contributed by atoms with Crippen molar-refractivity contribution in [2.45, 2.75) is 20.4 Å². The van der Waals surface area contributed by atoms with Crippen molar-refractivity contribution in [1.82, 2.24) is 4.90 Å². The highest BCUT2D eigenvalue weighted by Gasteiger charge is 2.14. The second-order valence-electron chi connectivity index (χ2n) is 4.61. The van der Waals surface area contributed by atoms with Crippen molar-refractivity contribution in [1.29, 1.82) is 0 Å². The molecular weight excluding hydrogens is 321 g/mol. The van der Waals surface area contributed by atoms with Gasteiger partial charge in [-0.05, 0) is 25.0 Å². The Morgan fingerprint density at radius 1 is 1.00 bits per heavy atom. The largest absolute Gasteiger partial charge is 1.00 e. The number of aromatic nitrogens is 2. The molecule has 6 heteroatoms. The molecule has 4 nitrogen and oxygen atoms in total. The minimum atomic E-state index is 0. The van der Waals surface area contributed by atoms with E-state index in [9.17, 15) is 4.79 Å². The zero-order valence-corrected chi connectivity index (χ0v) is 14.3. The Morgan fingerprint density at radius 3 is 2.00 bits per heavy atom. The Kier molecular flexibility index (Phi) is 9.38. The molecule has 2 heterocycles. The van der Waals surface area contributed by atoms with Crippen molar-refractivity contribution in [2.75, 3.05) is 13.1 Å². The predicted octanol–water partition coefficient (Wildman–Crippen LogP) is -4.67. The van der Waals surface area contributed by atoms with Crippen molar-refractivity contribution in [2.24, 2.45) is 0 Å². The fourth-order valence-electron chi connectivity index (χ4n) is 2.17.